The zero-order valence-electron chi connectivity index (χ0n) is 13.6. The van der Waals surface area contributed by atoms with Crippen molar-refractivity contribution in [1.29, 1.82) is 0 Å². The first-order valence-corrected chi connectivity index (χ1v) is 8.35. The topological polar surface area (TPSA) is 44.4 Å². The Kier molecular flexibility index (Phi) is 5.31. The highest BCUT2D eigenvalue weighted by Crippen LogP contribution is 2.22. The molecule has 0 spiro atoms. The van der Waals surface area contributed by atoms with Crippen LogP contribution >= 0.6 is 0 Å². The van der Waals surface area contributed by atoms with E-state index in [-0.39, 0.29) is 18.0 Å². The Balaban J connectivity index is 1.44. The third kappa shape index (κ3) is 4.25. The lowest BCUT2D eigenvalue weighted by molar-refractivity contribution is -0.116. The van der Waals surface area contributed by atoms with E-state index in [9.17, 15) is 9.18 Å². The Hall–Kier alpha value is -2.56. The maximum absolute atomic E-state index is 13.5. The fraction of sp³-hybridized carbons (Fsp3) is 0.316. The van der Waals surface area contributed by atoms with Gasteiger partial charge in [-0.2, -0.15) is 0 Å². The van der Waals surface area contributed by atoms with Gasteiger partial charge < -0.3 is 15.5 Å². The minimum absolute atomic E-state index is 0.207. The van der Waals surface area contributed by atoms with E-state index in [1.54, 1.807) is 18.2 Å². The molecule has 2 aromatic rings. The molecule has 1 heterocycles. The molecule has 5 heteroatoms. The van der Waals surface area contributed by atoms with Crippen molar-refractivity contribution in [3.63, 3.8) is 0 Å². The molecular formula is C19H22FN3O. The summed E-state index contributed by atoms with van der Waals surface area (Å²) < 4.78 is 13.5. The van der Waals surface area contributed by atoms with Crippen LogP contribution in [0.25, 0.3) is 0 Å². The minimum Gasteiger partial charge on any atom is -0.385 e. The summed E-state index contributed by atoms with van der Waals surface area (Å²) in [5, 5.41) is 5.80. The molecule has 24 heavy (non-hydrogen) atoms. The van der Waals surface area contributed by atoms with Gasteiger partial charge in [0.15, 0.2) is 0 Å². The van der Waals surface area contributed by atoms with E-state index in [0.717, 1.165) is 18.8 Å². The molecule has 1 saturated heterocycles. The first-order chi connectivity index (χ1) is 11.7. The van der Waals surface area contributed by atoms with E-state index in [4.69, 9.17) is 0 Å². The maximum atomic E-state index is 13.5. The van der Waals surface area contributed by atoms with Gasteiger partial charge in [0.25, 0.3) is 0 Å². The summed E-state index contributed by atoms with van der Waals surface area (Å²) >= 11 is 0. The van der Waals surface area contributed by atoms with Crippen molar-refractivity contribution < 1.29 is 9.18 Å². The lowest BCUT2D eigenvalue weighted by Gasteiger charge is -2.18. The summed E-state index contributed by atoms with van der Waals surface area (Å²) in [7, 11) is 0. The van der Waals surface area contributed by atoms with Gasteiger partial charge in [0, 0.05) is 37.4 Å². The molecule has 0 aromatic heterocycles. The number of anilines is 3. The molecular weight excluding hydrogens is 305 g/mol. The molecule has 126 valence electrons. The first kappa shape index (κ1) is 16.3. The smallest absolute Gasteiger partial charge is 0.226 e. The summed E-state index contributed by atoms with van der Waals surface area (Å²) in [5.41, 5.74) is 2.45. The fourth-order valence-corrected chi connectivity index (χ4v) is 2.86. The Morgan fingerprint density at radius 1 is 1.04 bits per heavy atom. The van der Waals surface area contributed by atoms with Gasteiger partial charge in [-0.1, -0.05) is 12.1 Å². The molecule has 0 bridgehead atoms. The van der Waals surface area contributed by atoms with Crippen molar-refractivity contribution in [2.24, 2.45) is 0 Å². The standard InChI is InChI=1S/C19H22FN3O/c20-17-5-1-2-6-18(17)22-19(24)11-12-21-15-7-9-16(10-8-15)23-13-3-4-14-23/h1-2,5-10,21H,3-4,11-14H2,(H,22,24). The van der Waals surface area contributed by atoms with Crippen LogP contribution in [-0.2, 0) is 4.79 Å². The van der Waals surface area contributed by atoms with E-state index in [2.05, 4.69) is 27.7 Å². The molecule has 0 saturated carbocycles. The van der Waals surface area contributed by atoms with Gasteiger partial charge in [-0.25, -0.2) is 4.39 Å². The summed E-state index contributed by atoms with van der Waals surface area (Å²) in [6.45, 7) is 2.76. The van der Waals surface area contributed by atoms with Crippen LogP contribution in [0.5, 0.6) is 0 Å². The second-order valence-electron chi connectivity index (χ2n) is 5.95. The Morgan fingerprint density at radius 3 is 2.46 bits per heavy atom. The highest BCUT2D eigenvalue weighted by molar-refractivity contribution is 5.91. The van der Waals surface area contributed by atoms with Crippen LogP contribution in [0.4, 0.5) is 21.5 Å². The van der Waals surface area contributed by atoms with Crippen molar-refractivity contribution in [1.82, 2.24) is 0 Å². The zero-order valence-corrected chi connectivity index (χ0v) is 13.6. The van der Waals surface area contributed by atoms with Crippen LogP contribution in [0.3, 0.4) is 0 Å². The largest absolute Gasteiger partial charge is 0.385 e. The molecule has 0 unspecified atom stereocenters. The normalized spacial score (nSPS) is 13.8. The number of nitrogens with zero attached hydrogens (tertiary/aromatic N) is 1. The number of hydrogen-bond donors (Lipinski definition) is 2. The number of carbonyl (C=O) groups excluding carboxylic acids is 1. The third-order valence-corrected chi connectivity index (χ3v) is 4.17. The van der Waals surface area contributed by atoms with E-state index in [1.165, 1.54) is 24.6 Å². The second-order valence-corrected chi connectivity index (χ2v) is 5.95. The highest BCUT2D eigenvalue weighted by Gasteiger charge is 2.11. The van der Waals surface area contributed by atoms with Crippen LogP contribution in [0.15, 0.2) is 48.5 Å². The van der Waals surface area contributed by atoms with Crippen LogP contribution in [0.1, 0.15) is 19.3 Å². The van der Waals surface area contributed by atoms with Gasteiger partial charge in [-0.3, -0.25) is 4.79 Å². The van der Waals surface area contributed by atoms with E-state index < -0.39 is 5.82 Å². The number of amides is 1. The Bertz CT molecular complexity index is 681. The molecule has 0 atom stereocenters. The number of rotatable bonds is 6. The molecule has 2 N–H and O–H groups in total. The van der Waals surface area contributed by atoms with Gasteiger partial charge in [0.2, 0.25) is 5.91 Å². The number of para-hydroxylation sites is 1. The summed E-state index contributed by atoms with van der Waals surface area (Å²) in [6.07, 6.45) is 2.80. The molecule has 4 nitrogen and oxygen atoms in total. The number of hydrogen-bond acceptors (Lipinski definition) is 3. The number of benzene rings is 2. The second kappa shape index (κ2) is 7.81. The van der Waals surface area contributed by atoms with E-state index in [1.807, 2.05) is 12.1 Å². The minimum atomic E-state index is -0.420. The van der Waals surface area contributed by atoms with Crippen LogP contribution in [0.2, 0.25) is 0 Å². The third-order valence-electron chi connectivity index (χ3n) is 4.17. The number of halogens is 1. The summed E-state index contributed by atoms with van der Waals surface area (Å²) in [6, 6.07) is 14.4. The van der Waals surface area contributed by atoms with E-state index in [0.29, 0.717) is 6.54 Å². The highest BCUT2D eigenvalue weighted by atomic mass is 19.1. The maximum Gasteiger partial charge on any atom is 0.226 e. The Labute approximate surface area is 141 Å². The average Bonchev–Trinajstić information content (AvgIpc) is 3.12. The number of carbonyl (C=O) groups is 1. The van der Waals surface area contributed by atoms with Crippen molar-refractivity contribution >= 4 is 23.0 Å². The van der Waals surface area contributed by atoms with Crippen molar-refractivity contribution in [3.8, 4) is 0 Å². The SMILES string of the molecule is O=C(CCNc1ccc(N2CCCC2)cc1)Nc1ccccc1F. The van der Waals surface area contributed by atoms with Gasteiger partial charge in [-0.05, 0) is 49.2 Å². The predicted octanol–water partition coefficient (Wildman–Crippen LogP) is 3.87. The van der Waals surface area contributed by atoms with Crippen LogP contribution in [0, 0.1) is 5.82 Å². The van der Waals surface area contributed by atoms with Gasteiger partial charge >= 0.3 is 0 Å². The molecule has 2 aromatic carbocycles. The van der Waals surface area contributed by atoms with Gasteiger partial charge in [-0.15, -0.1) is 0 Å². The van der Waals surface area contributed by atoms with Gasteiger partial charge in [0.05, 0.1) is 5.69 Å². The zero-order chi connectivity index (χ0) is 16.8. The first-order valence-electron chi connectivity index (χ1n) is 8.35. The summed E-state index contributed by atoms with van der Waals surface area (Å²) in [4.78, 5) is 14.2. The lowest BCUT2D eigenvalue weighted by Crippen LogP contribution is -2.18. The molecule has 0 aliphatic carbocycles. The van der Waals surface area contributed by atoms with Crippen molar-refractivity contribution in [2.45, 2.75) is 19.3 Å². The molecule has 1 aliphatic heterocycles. The average molecular weight is 327 g/mol. The van der Waals surface area contributed by atoms with E-state index >= 15 is 0 Å². The molecule has 1 aliphatic rings. The molecule has 1 amide bonds. The fourth-order valence-electron chi connectivity index (χ4n) is 2.86. The summed E-state index contributed by atoms with van der Waals surface area (Å²) in [5.74, 6) is -0.627. The van der Waals surface area contributed by atoms with Crippen LogP contribution < -0.4 is 15.5 Å². The molecule has 3 rings (SSSR count). The molecule has 1 fully saturated rings. The Morgan fingerprint density at radius 2 is 1.75 bits per heavy atom. The van der Waals surface area contributed by atoms with Crippen molar-refractivity contribution in [3.05, 3.63) is 54.3 Å². The van der Waals surface area contributed by atoms with Gasteiger partial charge in [0.1, 0.15) is 5.82 Å². The quantitative estimate of drug-likeness (QED) is 0.846. The molecule has 0 radical (unpaired) electrons. The van der Waals surface area contributed by atoms with Crippen LogP contribution in [-0.4, -0.2) is 25.5 Å². The monoisotopic (exact) mass is 327 g/mol. The number of nitrogens with one attached hydrogen (secondary N) is 2. The van der Waals surface area contributed by atoms with Crippen molar-refractivity contribution in [2.75, 3.05) is 35.2 Å². The lowest BCUT2D eigenvalue weighted by atomic mass is 10.2. The predicted molar refractivity (Wildman–Crippen MR) is 96.0 cm³/mol.